The zero-order chi connectivity index (χ0) is 44.9. The van der Waals surface area contributed by atoms with E-state index in [2.05, 4.69) is 186 Å². The fraction of sp³-hybridized carbons (Fsp3) is 0.136. The van der Waals surface area contributed by atoms with Gasteiger partial charge in [0.15, 0.2) is 11.4 Å². The number of furan rings is 1. The van der Waals surface area contributed by atoms with Gasteiger partial charge in [-0.1, -0.05) is 169 Å². The molecule has 0 radical (unpaired) electrons. The molecule has 65 heavy (non-hydrogen) atoms. The Kier molecular flexibility index (Phi) is 10.4. The van der Waals surface area contributed by atoms with Crippen molar-refractivity contribution in [3.8, 4) is 61.8 Å². The number of fused-ring (bicyclic) bond motifs is 3. The summed E-state index contributed by atoms with van der Waals surface area (Å²) in [5.74, 6) is 1.48. The number of nitrogens with zero attached hydrogens (tertiary/aromatic N) is 4. The molecule has 6 nitrogen and oxygen atoms in total. The van der Waals surface area contributed by atoms with E-state index < -0.39 is 0 Å². The van der Waals surface area contributed by atoms with Crippen LogP contribution in [0.15, 0.2) is 193 Å². The van der Waals surface area contributed by atoms with E-state index >= 15 is 0 Å². The SMILES string of the molecule is CC(C)(C)c1cc(-c2cc(-c3ccccc3)cc(N(c3cc(-c4ccccc4)cc(-c4ncc5oc6ccccc6c5n4)c3)c3ccccc3-c3ccccc3)n2)c(O)c(C(C)(C)C)c1. The number of hydrogen-bond donors (Lipinski definition) is 1. The maximum atomic E-state index is 12.4. The average Bonchev–Trinajstić information content (AvgIpc) is 3.70. The molecule has 0 saturated heterocycles. The molecule has 0 bridgehead atoms. The van der Waals surface area contributed by atoms with Crippen molar-refractivity contribution in [1.82, 2.24) is 15.0 Å². The fourth-order valence-electron chi connectivity index (χ4n) is 8.64. The summed E-state index contributed by atoms with van der Waals surface area (Å²) < 4.78 is 6.17. The molecule has 1 N–H and O–H groups in total. The van der Waals surface area contributed by atoms with Gasteiger partial charge < -0.3 is 9.52 Å². The molecule has 0 atom stereocenters. The van der Waals surface area contributed by atoms with Gasteiger partial charge in [-0.3, -0.25) is 4.90 Å². The van der Waals surface area contributed by atoms with Crippen LogP contribution in [0, 0.1) is 0 Å². The maximum absolute atomic E-state index is 12.4. The number of phenols is 1. The van der Waals surface area contributed by atoms with Crippen LogP contribution in [0.25, 0.3) is 78.1 Å². The highest BCUT2D eigenvalue weighted by Gasteiger charge is 2.28. The van der Waals surface area contributed by atoms with Gasteiger partial charge in [0.05, 0.1) is 17.6 Å². The smallest absolute Gasteiger partial charge is 0.172 e. The van der Waals surface area contributed by atoms with E-state index in [0.29, 0.717) is 28.5 Å². The molecule has 0 saturated carbocycles. The van der Waals surface area contributed by atoms with Gasteiger partial charge in [0.25, 0.3) is 0 Å². The van der Waals surface area contributed by atoms with Crippen molar-refractivity contribution in [1.29, 1.82) is 0 Å². The number of benzene rings is 7. The van der Waals surface area contributed by atoms with E-state index in [4.69, 9.17) is 19.4 Å². The molecule has 0 aliphatic rings. The first kappa shape index (κ1) is 41.2. The molecule has 0 fully saturated rings. The van der Waals surface area contributed by atoms with E-state index in [9.17, 15) is 5.11 Å². The van der Waals surface area contributed by atoms with E-state index in [1.165, 1.54) is 0 Å². The number of anilines is 3. The highest BCUT2D eigenvalue weighted by Crippen LogP contribution is 2.47. The molecule has 0 amide bonds. The van der Waals surface area contributed by atoms with Crippen LogP contribution in [0.1, 0.15) is 52.7 Å². The Balaban J connectivity index is 1.29. The van der Waals surface area contributed by atoms with Crippen LogP contribution in [0.2, 0.25) is 0 Å². The number of phenolic OH excluding ortho intramolecular Hbond substituents is 1. The summed E-state index contributed by atoms with van der Waals surface area (Å²) in [5, 5.41) is 13.3. The van der Waals surface area contributed by atoms with Crippen molar-refractivity contribution < 1.29 is 9.52 Å². The predicted octanol–water partition coefficient (Wildman–Crippen LogP) is 15.9. The lowest BCUT2D eigenvalue weighted by molar-refractivity contribution is 0.446. The van der Waals surface area contributed by atoms with Crippen molar-refractivity contribution in [3.63, 3.8) is 0 Å². The summed E-state index contributed by atoms with van der Waals surface area (Å²) in [4.78, 5) is 18.0. The van der Waals surface area contributed by atoms with Crippen LogP contribution in [-0.4, -0.2) is 20.1 Å². The first-order chi connectivity index (χ1) is 31.4. The highest BCUT2D eigenvalue weighted by molar-refractivity contribution is 6.02. The molecule has 6 heteroatoms. The zero-order valence-corrected chi connectivity index (χ0v) is 37.5. The molecular formula is C59H50N4O2. The molecule has 10 rings (SSSR count). The van der Waals surface area contributed by atoms with Gasteiger partial charge >= 0.3 is 0 Å². The first-order valence-electron chi connectivity index (χ1n) is 22.1. The predicted molar refractivity (Wildman–Crippen MR) is 268 cm³/mol. The van der Waals surface area contributed by atoms with Crippen LogP contribution in [0.3, 0.4) is 0 Å². The third-order valence-electron chi connectivity index (χ3n) is 12.1. The van der Waals surface area contributed by atoms with Crippen molar-refractivity contribution in [2.45, 2.75) is 52.4 Å². The Labute approximate surface area is 380 Å². The number of aromatic nitrogens is 3. The summed E-state index contributed by atoms with van der Waals surface area (Å²) in [6.45, 7) is 13.1. The third-order valence-corrected chi connectivity index (χ3v) is 12.1. The van der Waals surface area contributed by atoms with E-state index in [1.807, 2.05) is 42.5 Å². The Morgan fingerprint density at radius 1 is 0.492 bits per heavy atom. The Morgan fingerprint density at radius 2 is 1.09 bits per heavy atom. The Hall–Kier alpha value is -7.83. The second-order valence-electron chi connectivity index (χ2n) is 18.7. The van der Waals surface area contributed by atoms with Crippen molar-refractivity contribution in [2.75, 3.05) is 4.90 Å². The molecule has 0 unspecified atom stereocenters. The molecule has 0 spiro atoms. The summed E-state index contributed by atoms with van der Waals surface area (Å²) in [7, 11) is 0. The Morgan fingerprint density at radius 3 is 1.77 bits per heavy atom. The standard InChI is InChI=1S/C59H50N4O2/c1-58(2,3)44-35-48(56(64)49(36-44)59(4,5)6)50-33-42(39-22-12-8-13-23-39)34-54(61-50)63(51-28-18-16-26-46(51)40-24-14-9-15-25-40)45-31-41(38-20-10-7-11-21-38)30-43(32-45)57-60-37-53-55(62-57)47-27-17-19-29-52(47)65-53/h7-37,64H,1-6H3. The molecule has 0 aliphatic carbocycles. The van der Waals surface area contributed by atoms with Crippen LogP contribution in [-0.2, 0) is 10.8 Å². The quantitative estimate of drug-likeness (QED) is 0.164. The van der Waals surface area contributed by atoms with Gasteiger partial charge in [0.1, 0.15) is 22.7 Å². The van der Waals surface area contributed by atoms with Gasteiger partial charge in [-0.15, -0.1) is 0 Å². The molecule has 10 aromatic rings. The summed E-state index contributed by atoms with van der Waals surface area (Å²) in [6, 6.07) is 62.8. The van der Waals surface area contributed by atoms with Crippen molar-refractivity contribution in [3.05, 3.63) is 199 Å². The number of para-hydroxylation sites is 2. The lowest BCUT2D eigenvalue weighted by atomic mass is 9.78. The van der Waals surface area contributed by atoms with E-state index in [1.54, 1.807) is 6.20 Å². The lowest BCUT2D eigenvalue weighted by Gasteiger charge is -2.30. The second-order valence-corrected chi connectivity index (χ2v) is 18.7. The van der Waals surface area contributed by atoms with Crippen LogP contribution in [0.4, 0.5) is 17.2 Å². The van der Waals surface area contributed by atoms with Crippen molar-refractivity contribution in [2.24, 2.45) is 0 Å². The normalized spacial score (nSPS) is 11.9. The molecule has 3 heterocycles. The second kappa shape index (κ2) is 16.4. The fourth-order valence-corrected chi connectivity index (χ4v) is 8.64. The highest BCUT2D eigenvalue weighted by atomic mass is 16.3. The van der Waals surface area contributed by atoms with Crippen LogP contribution >= 0.6 is 0 Å². The van der Waals surface area contributed by atoms with Crippen LogP contribution < -0.4 is 4.90 Å². The molecule has 0 aliphatic heterocycles. The average molecular weight is 847 g/mol. The van der Waals surface area contributed by atoms with E-state index in [0.717, 1.165) is 77.9 Å². The first-order valence-corrected chi connectivity index (χ1v) is 22.1. The van der Waals surface area contributed by atoms with Gasteiger partial charge in [-0.05, 0) is 98.8 Å². The van der Waals surface area contributed by atoms with Gasteiger partial charge in [0.2, 0.25) is 0 Å². The molecule has 318 valence electrons. The number of aromatic hydroxyl groups is 1. The Bertz CT molecular complexity index is 3350. The third kappa shape index (κ3) is 8.04. The summed E-state index contributed by atoms with van der Waals surface area (Å²) >= 11 is 0. The lowest BCUT2D eigenvalue weighted by Crippen LogP contribution is -2.17. The minimum Gasteiger partial charge on any atom is -0.507 e. The summed E-state index contributed by atoms with van der Waals surface area (Å²) in [5.41, 5.74) is 13.7. The topological polar surface area (TPSA) is 75.3 Å². The van der Waals surface area contributed by atoms with Crippen LogP contribution in [0.5, 0.6) is 5.75 Å². The number of hydrogen-bond acceptors (Lipinski definition) is 6. The van der Waals surface area contributed by atoms with Gasteiger partial charge in [-0.2, -0.15) is 0 Å². The number of rotatable bonds is 8. The number of pyridine rings is 1. The van der Waals surface area contributed by atoms with E-state index in [-0.39, 0.29) is 16.6 Å². The molecular weight excluding hydrogens is 797 g/mol. The maximum Gasteiger partial charge on any atom is 0.172 e. The zero-order valence-electron chi connectivity index (χ0n) is 37.5. The minimum absolute atomic E-state index is 0.189. The van der Waals surface area contributed by atoms with Gasteiger partial charge in [-0.25, -0.2) is 15.0 Å². The molecule has 3 aromatic heterocycles. The monoisotopic (exact) mass is 846 g/mol. The minimum atomic E-state index is -0.331. The summed E-state index contributed by atoms with van der Waals surface area (Å²) in [6.07, 6.45) is 1.77. The van der Waals surface area contributed by atoms with Crippen molar-refractivity contribution >= 4 is 39.3 Å². The van der Waals surface area contributed by atoms with Gasteiger partial charge in [0, 0.05) is 33.3 Å². The largest absolute Gasteiger partial charge is 0.507 e. The molecule has 7 aromatic carbocycles.